The Morgan fingerprint density at radius 3 is 2.29 bits per heavy atom. The van der Waals surface area contributed by atoms with Crippen molar-refractivity contribution in [1.82, 2.24) is 5.32 Å². The van der Waals surface area contributed by atoms with Crippen LogP contribution in [0.25, 0.3) is 0 Å². The van der Waals surface area contributed by atoms with Crippen molar-refractivity contribution in [2.45, 2.75) is 25.8 Å². The highest BCUT2D eigenvalue weighted by atomic mass is 79.9. The van der Waals surface area contributed by atoms with Crippen LogP contribution in [-0.4, -0.2) is 19.0 Å². The van der Waals surface area contributed by atoms with Crippen LogP contribution < -0.4 is 5.32 Å². The first kappa shape index (κ1) is 18.2. The molecule has 1 atom stereocenters. The second kappa shape index (κ2) is 8.64. The van der Waals surface area contributed by atoms with Crippen molar-refractivity contribution >= 4 is 27.8 Å². The predicted molar refractivity (Wildman–Crippen MR) is 96.5 cm³/mol. The molecule has 24 heavy (non-hydrogen) atoms. The Morgan fingerprint density at radius 2 is 1.71 bits per heavy atom. The maximum atomic E-state index is 12.3. The smallest absolute Gasteiger partial charge is 0.307 e. The summed E-state index contributed by atoms with van der Waals surface area (Å²) in [5.74, 6) is -0.491. The van der Waals surface area contributed by atoms with Gasteiger partial charge in [-0.2, -0.15) is 0 Å². The molecule has 0 radical (unpaired) electrons. The average molecular weight is 390 g/mol. The van der Waals surface area contributed by atoms with Gasteiger partial charge in [0, 0.05) is 4.47 Å². The number of nitrogens with one attached hydrogen (secondary N) is 1. The highest BCUT2D eigenvalue weighted by Gasteiger charge is 2.19. The predicted octanol–water partition coefficient (Wildman–Crippen LogP) is 3.72. The van der Waals surface area contributed by atoms with Crippen molar-refractivity contribution < 1.29 is 14.3 Å². The molecule has 1 amide bonds. The van der Waals surface area contributed by atoms with Gasteiger partial charge in [-0.15, -0.1) is 0 Å². The van der Waals surface area contributed by atoms with Crippen molar-refractivity contribution in [1.29, 1.82) is 0 Å². The second-order valence-corrected chi connectivity index (χ2v) is 6.53. The van der Waals surface area contributed by atoms with E-state index in [0.29, 0.717) is 0 Å². The van der Waals surface area contributed by atoms with Crippen molar-refractivity contribution in [3.8, 4) is 0 Å². The number of ether oxygens (including phenoxy) is 1. The molecular formula is C19H20BrNO3. The van der Waals surface area contributed by atoms with Crippen molar-refractivity contribution in [3.05, 3.63) is 69.7 Å². The van der Waals surface area contributed by atoms with E-state index in [9.17, 15) is 9.59 Å². The number of amides is 1. The van der Waals surface area contributed by atoms with E-state index in [2.05, 4.69) is 21.2 Å². The standard InChI is InChI=1S/C19H20BrNO3/c1-13-3-5-14(6-4-13)11-18(22)21-17(12-19(23)24-2)15-7-9-16(20)10-8-15/h3-10,17H,11-12H2,1-2H3,(H,21,22). The maximum absolute atomic E-state index is 12.3. The van der Waals surface area contributed by atoms with E-state index < -0.39 is 6.04 Å². The lowest BCUT2D eigenvalue weighted by Crippen LogP contribution is -2.31. The molecule has 0 bridgehead atoms. The van der Waals surface area contributed by atoms with Gasteiger partial charge in [-0.25, -0.2) is 0 Å². The van der Waals surface area contributed by atoms with Gasteiger partial charge in [0.2, 0.25) is 5.91 Å². The molecule has 0 spiro atoms. The lowest BCUT2D eigenvalue weighted by atomic mass is 10.0. The first-order valence-electron chi connectivity index (χ1n) is 7.65. The molecule has 0 heterocycles. The first-order valence-corrected chi connectivity index (χ1v) is 8.44. The summed E-state index contributed by atoms with van der Waals surface area (Å²) in [4.78, 5) is 24.0. The molecule has 126 valence electrons. The number of halogens is 1. The van der Waals surface area contributed by atoms with Crippen LogP contribution >= 0.6 is 15.9 Å². The molecular weight excluding hydrogens is 370 g/mol. The summed E-state index contributed by atoms with van der Waals surface area (Å²) in [7, 11) is 1.34. The Kier molecular flexibility index (Phi) is 6.55. The molecule has 2 rings (SSSR count). The summed E-state index contributed by atoms with van der Waals surface area (Å²) < 4.78 is 5.68. The highest BCUT2D eigenvalue weighted by Crippen LogP contribution is 2.20. The number of carbonyl (C=O) groups excluding carboxylic acids is 2. The van der Waals surface area contributed by atoms with E-state index in [0.717, 1.165) is 21.2 Å². The Bertz CT molecular complexity index is 696. The summed E-state index contributed by atoms with van der Waals surface area (Å²) in [6.45, 7) is 2.00. The zero-order chi connectivity index (χ0) is 17.5. The Balaban J connectivity index is 2.08. The van der Waals surface area contributed by atoms with E-state index in [-0.39, 0.29) is 24.7 Å². The fraction of sp³-hybridized carbons (Fsp3) is 0.263. The molecule has 0 aromatic heterocycles. The number of benzene rings is 2. The minimum atomic E-state index is -0.413. The topological polar surface area (TPSA) is 55.4 Å². The molecule has 2 aromatic carbocycles. The fourth-order valence-electron chi connectivity index (χ4n) is 2.33. The van der Waals surface area contributed by atoms with E-state index in [1.165, 1.54) is 7.11 Å². The Labute approximate surface area is 150 Å². The van der Waals surface area contributed by atoms with E-state index >= 15 is 0 Å². The minimum absolute atomic E-state index is 0.0950. The molecule has 0 fully saturated rings. The minimum Gasteiger partial charge on any atom is -0.469 e. The third kappa shape index (κ3) is 5.49. The maximum Gasteiger partial charge on any atom is 0.307 e. The zero-order valence-electron chi connectivity index (χ0n) is 13.7. The normalized spacial score (nSPS) is 11.6. The summed E-state index contributed by atoms with van der Waals surface area (Å²) >= 11 is 3.38. The van der Waals surface area contributed by atoms with Gasteiger partial charge in [-0.05, 0) is 30.2 Å². The van der Waals surface area contributed by atoms with Gasteiger partial charge in [0.1, 0.15) is 0 Å². The molecule has 1 unspecified atom stereocenters. The zero-order valence-corrected chi connectivity index (χ0v) is 15.3. The van der Waals surface area contributed by atoms with Gasteiger partial charge < -0.3 is 10.1 Å². The van der Waals surface area contributed by atoms with Gasteiger partial charge in [0.05, 0.1) is 26.0 Å². The van der Waals surface area contributed by atoms with E-state index in [1.54, 1.807) is 0 Å². The number of hydrogen-bond acceptors (Lipinski definition) is 3. The Hall–Kier alpha value is -2.14. The van der Waals surface area contributed by atoms with Crippen LogP contribution in [0.2, 0.25) is 0 Å². The largest absolute Gasteiger partial charge is 0.469 e. The highest BCUT2D eigenvalue weighted by molar-refractivity contribution is 9.10. The molecule has 0 saturated heterocycles. The van der Waals surface area contributed by atoms with Crippen LogP contribution in [0, 0.1) is 6.92 Å². The summed E-state index contributed by atoms with van der Waals surface area (Å²) in [6.07, 6.45) is 0.367. The summed E-state index contributed by atoms with van der Waals surface area (Å²) in [5, 5.41) is 2.93. The third-order valence-electron chi connectivity index (χ3n) is 3.69. The van der Waals surface area contributed by atoms with Crippen LogP contribution in [0.4, 0.5) is 0 Å². The van der Waals surface area contributed by atoms with Gasteiger partial charge in [0.15, 0.2) is 0 Å². The summed E-state index contributed by atoms with van der Waals surface area (Å²) in [5.41, 5.74) is 2.95. The average Bonchev–Trinajstić information content (AvgIpc) is 2.57. The monoisotopic (exact) mass is 389 g/mol. The van der Waals surface area contributed by atoms with Crippen molar-refractivity contribution in [3.63, 3.8) is 0 Å². The Morgan fingerprint density at radius 1 is 1.08 bits per heavy atom. The van der Waals surface area contributed by atoms with Gasteiger partial charge in [0.25, 0.3) is 0 Å². The van der Waals surface area contributed by atoms with Crippen LogP contribution in [0.15, 0.2) is 53.0 Å². The number of methoxy groups -OCH3 is 1. The van der Waals surface area contributed by atoms with Crippen molar-refractivity contribution in [2.75, 3.05) is 7.11 Å². The van der Waals surface area contributed by atoms with Crippen LogP contribution in [0.3, 0.4) is 0 Å². The lowest BCUT2D eigenvalue weighted by molar-refractivity contribution is -0.141. The van der Waals surface area contributed by atoms with Crippen LogP contribution in [0.1, 0.15) is 29.2 Å². The van der Waals surface area contributed by atoms with E-state index in [4.69, 9.17) is 4.74 Å². The SMILES string of the molecule is COC(=O)CC(NC(=O)Cc1ccc(C)cc1)c1ccc(Br)cc1. The molecule has 0 aliphatic heterocycles. The molecule has 0 saturated carbocycles. The number of rotatable bonds is 6. The van der Waals surface area contributed by atoms with Crippen LogP contribution in [0.5, 0.6) is 0 Å². The molecule has 2 aromatic rings. The van der Waals surface area contributed by atoms with Gasteiger partial charge in [-0.3, -0.25) is 9.59 Å². The molecule has 5 heteroatoms. The number of aryl methyl sites for hydroxylation is 1. The third-order valence-corrected chi connectivity index (χ3v) is 4.22. The molecule has 0 aliphatic carbocycles. The number of carbonyl (C=O) groups is 2. The molecule has 1 N–H and O–H groups in total. The van der Waals surface area contributed by atoms with Crippen LogP contribution in [-0.2, 0) is 20.7 Å². The fourth-order valence-corrected chi connectivity index (χ4v) is 2.60. The number of hydrogen-bond donors (Lipinski definition) is 1. The molecule has 4 nitrogen and oxygen atoms in total. The number of esters is 1. The van der Waals surface area contributed by atoms with Gasteiger partial charge in [-0.1, -0.05) is 57.9 Å². The molecule has 0 aliphatic rings. The summed E-state index contributed by atoms with van der Waals surface area (Å²) in [6, 6.07) is 14.9. The van der Waals surface area contributed by atoms with Crippen molar-refractivity contribution in [2.24, 2.45) is 0 Å². The lowest BCUT2D eigenvalue weighted by Gasteiger charge is -2.18. The first-order chi connectivity index (χ1) is 11.5. The quantitative estimate of drug-likeness (QED) is 0.765. The van der Waals surface area contributed by atoms with Gasteiger partial charge >= 0.3 is 5.97 Å². The second-order valence-electron chi connectivity index (χ2n) is 5.61. The van der Waals surface area contributed by atoms with E-state index in [1.807, 2.05) is 55.5 Å².